The van der Waals surface area contributed by atoms with Crippen LogP contribution in [0.3, 0.4) is 0 Å². The van der Waals surface area contributed by atoms with E-state index in [1.54, 1.807) is 19.2 Å². The number of carbonyl (C=O) groups is 1. The Labute approximate surface area is 194 Å². The number of benzene rings is 2. The summed E-state index contributed by atoms with van der Waals surface area (Å²) < 4.78 is 11.8. The van der Waals surface area contributed by atoms with Crippen LogP contribution in [0.1, 0.15) is 45.3 Å². The lowest BCUT2D eigenvalue weighted by Crippen LogP contribution is -2.38. The van der Waals surface area contributed by atoms with Crippen molar-refractivity contribution in [3.63, 3.8) is 0 Å². The number of morpholine rings is 1. The number of hydrogen-bond donors (Lipinski definition) is 1. The Morgan fingerprint density at radius 3 is 2.79 bits per heavy atom. The van der Waals surface area contributed by atoms with E-state index in [1.165, 1.54) is 23.1 Å². The van der Waals surface area contributed by atoms with E-state index in [1.807, 2.05) is 30.3 Å². The Balaban J connectivity index is 1.34. The van der Waals surface area contributed by atoms with E-state index < -0.39 is 5.91 Å². The summed E-state index contributed by atoms with van der Waals surface area (Å²) in [5, 5.41) is 0. The summed E-state index contributed by atoms with van der Waals surface area (Å²) in [6.45, 7) is 3.12. The minimum Gasteiger partial charge on any atom is -0.496 e. The maximum Gasteiger partial charge on any atom is 0.248 e. The van der Waals surface area contributed by atoms with Gasteiger partial charge in [-0.3, -0.25) is 14.7 Å². The largest absolute Gasteiger partial charge is 0.496 e. The monoisotopic (exact) mass is 443 g/mol. The molecule has 1 fully saturated rings. The molecule has 5 rings (SSSR count). The van der Waals surface area contributed by atoms with Crippen LogP contribution in [0, 0.1) is 0 Å². The quantitative estimate of drug-likeness (QED) is 0.625. The minimum absolute atomic E-state index is 0.113. The molecular weight excluding hydrogens is 414 g/mol. The molecule has 1 aromatic heterocycles. The predicted octanol–water partition coefficient (Wildman–Crippen LogP) is 3.92. The van der Waals surface area contributed by atoms with Crippen LogP contribution >= 0.6 is 0 Å². The number of nitrogens with zero attached hydrogens (tertiary/aromatic N) is 2. The molecule has 1 unspecified atom stereocenters. The van der Waals surface area contributed by atoms with Crippen LogP contribution in [0.5, 0.6) is 5.75 Å². The van der Waals surface area contributed by atoms with Crippen LogP contribution in [-0.2, 0) is 24.1 Å². The van der Waals surface area contributed by atoms with Crippen molar-refractivity contribution in [3.05, 3.63) is 82.5 Å². The van der Waals surface area contributed by atoms with Gasteiger partial charge in [-0.15, -0.1) is 0 Å². The number of methoxy groups -OCH3 is 1. The van der Waals surface area contributed by atoms with E-state index in [-0.39, 0.29) is 6.10 Å². The van der Waals surface area contributed by atoms with Gasteiger partial charge in [0, 0.05) is 36.3 Å². The summed E-state index contributed by atoms with van der Waals surface area (Å²) in [5.41, 5.74) is 12.6. The summed E-state index contributed by atoms with van der Waals surface area (Å²) in [5.74, 6) is 0.536. The fourth-order valence-electron chi connectivity index (χ4n) is 4.86. The molecule has 2 heterocycles. The highest BCUT2D eigenvalue weighted by atomic mass is 16.5. The minimum atomic E-state index is -0.443. The molecular formula is C27H29N3O3. The number of carbonyl (C=O) groups excluding carboxylic acids is 1. The number of pyridine rings is 1. The second kappa shape index (κ2) is 9.33. The van der Waals surface area contributed by atoms with Gasteiger partial charge in [-0.2, -0.15) is 0 Å². The molecule has 0 bridgehead atoms. The van der Waals surface area contributed by atoms with Gasteiger partial charge in [0.05, 0.1) is 25.1 Å². The fourth-order valence-corrected chi connectivity index (χ4v) is 4.86. The van der Waals surface area contributed by atoms with Crippen molar-refractivity contribution in [2.75, 3.05) is 26.8 Å². The summed E-state index contributed by atoms with van der Waals surface area (Å²) in [7, 11) is 1.75. The van der Waals surface area contributed by atoms with E-state index in [0.717, 1.165) is 55.2 Å². The van der Waals surface area contributed by atoms with Crippen molar-refractivity contribution in [2.45, 2.75) is 31.9 Å². The smallest absolute Gasteiger partial charge is 0.248 e. The van der Waals surface area contributed by atoms with Gasteiger partial charge in [0.15, 0.2) is 0 Å². The highest BCUT2D eigenvalue weighted by molar-refractivity contribution is 5.94. The standard InChI is InChI=1S/C27H29N3O3/c1-32-25-15-19-6-2-5-18(19)13-22(25)16-30-11-12-33-26(17-30)24-10-4-9-23(29-24)20-7-3-8-21(14-20)27(28)31/h3-4,7-10,13-15,26H,2,5-6,11-12,16-17H2,1H3,(H2,28,31). The molecule has 33 heavy (non-hydrogen) atoms. The van der Waals surface area contributed by atoms with E-state index in [9.17, 15) is 4.79 Å². The van der Waals surface area contributed by atoms with Crippen LogP contribution in [0.25, 0.3) is 11.3 Å². The first-order valence-corrected chi connectivity index (χ1v) is 11.5. The van der Waals surface area contributed by atoms with Gasteiger partial charge in [-0.25, -0.2) is 0 Å². The Morgan fingerprint density at radius 2 is 1.97 bits per heavy atom. The molecule has 3 aromatic rings. The third kappa shape index (κ3) is 4.63. The second-order valence-corrected chi connectivity index (χ2v) is 8.77. The van der Waals surface area contributed by atoms with Crippen molar-refractivity contribution in [2.24, 2.45) is 5.73 Å². The fraction of sp³-hybridized carbons (Fsp3) is 0.333. The van der Waals surface area contributed by atoms with E-state index >= 15 is 0 Å². The topological polar surface area (TPSA) is 77.7 Å². The number of hydrogen-bond acceptors (Lipinski definition) is 5. The molecule has 1 amide bonds. The lowest BCUT2D eigenvalue weighted by atomic mass is 10.0. The number of primary amides is 1. The Morgan fingerprint density at radius 1 is 1.15 bits per heavy atom. The summed E-state index contributed by atoms with van der Waals surface area (Å²) in [6, 6.07) is 17.7. The van der Waals surface area contributed by atoms with Crippen LogP contribution in [0.15, 0.2) is 54.6 Å². The van der Waals surface area contributed by atoms with Crippen LogP contribution in [-0.4, -0.2) is 42.6 Å². The van der Waals surface area contributed by atoms with Crippen LogP contribution in [0.2, 0.25) is 0 Å². The van der Waals surface area contributed by atoms with E-state index in [0.29, 0.717) is 12.2 Å². The SMILES string of the molecule is COc1cc2c(cc1CN1CCOC(c3cccc(-c4cccc(C(N)=O)c4)n3)C1)CCC2. The number of nitrogens with two attached hydrogens (primary N) is 1. The van der Waals surface area contributed by atoms with Crippen molar-refractivity contribution in [3.8, 4) is 17.0 Å². The third-order valence-corrected chi connectivity index (χ3v) is 6.58. The molecule has 1 aliphatic heterocycles. The maximum absolute atomic E-state index is 11.6. The van der Waals surface area contributed by atoms with Crippen molar-refractivity contribution in [1.29, 1.82) is 0 Å². The molecule has 1 saturated heterocycles. The summed E-state index contributed by atoms with van der Waals surface area (Å²) in [6.07, 6.45) is 3.42. The highest BCUT2D eigenvalue weighted by Gasteiger charge is 2.25. The van der Waals surface area contributed by atoms with Crippen LogP contribution < -0.4 is 10.5 Å². The first-order chi connectivity index (χ1) is 16.1. The summed E-state index contributed by atoms with van der Waals surface area (Å²) in [4.78, 5) is 18.8. The van der Waals surface area contributed by atoms with Gasteiger partial charge in [-0.1, -0.05) is 24.3 Å². The Hall–Kier alpha value is -3.22. The first-order valence-electron chi connectivity index (χ1n) is 11.5. The molecule has 2 aromatic carbocycles. The number of rotatable bonds is 6. The van der Waals surface area contributed by atoms with Crippen molar-refractivity contribution < 1.29 is 14.3 Å². The van der Waals surface area contributed by atoms with Gasteiger partial charge in [0.1, 0.15) is 11.9 Å². The van der Waals surface area contributed by atoms with Gasteiger partial charge >= 0.3 is 0 Å². The van der Waals surface area contributed by atoms with Crippen LogP contribution in [0.4, 0.5) is 0 Å². The van der Waals surface area contributed by atoms with E-state index in [4.69, 9.17) is 20.2 Å². The molecule has 0 radical (unpaired) electrons. The molecule has 2 N–H and O–H groups in total. The van der Waals surface area contributed by atoms with Gasteiger partial charge in [0.25, 0.3) is 0 Å². The summed E-state index contributed by atoms with van der Waals surface area (Å²) >= 11 is 0. The number of aryl methyl sites for hydroxylation is 2. The maximum atomic E-state index is 11.6. The number of amides is 1. The number of ether oxygens (including phenoxy) is 2. The Bertz CT molecular complexity index is 1180. The van der Waals surface area contributed by atoms with Crippen molar-refractivity contribution >= 4 is 5.91 Å². The zero-order valence-corrected chi connectivity index (χ0v) is 18.9. The molecule has 170 valence electrons. The predicted molar refractivity (Wildman–Crippen MR) is 127 cm³/mol. The highest BCUT2D eigenvalue weighted by Crippen LogP contribution is 2.32. The molecule has 6 heteroatoms. The third-order valence-electron chi connectivity index (χ3n) is 6.58. The average molecular weight is 444 g/mol. The molecule has 1 atom stereocenters. The Kier molecular flexibility index (Phi) is 6.11. The molecule has 2 aliphatic rings. The average Bonchev–Trinajstić information content (AvgIpc) is 3.31. The number of aromatic nitrogens is 1. The van der Waals surface area contributed by atoms with Gasteiger partial charge < -0.3 is 15.2 Å². The zero-order valence-electron chi connectivity index (χ0n) is 18.9. The molecule has 6 nitrogen and oxygen atoms in total. The second-order valence-electron chi connectivity index (χ2n) is 8.77. The molecule has 0 saturated carbocycles. The first kappa shape index (κ1) is 21.6. The lowest BCUT2D eigenvalue weighted by molar-refractivity contribution is -0.0351. The van der Waals surface area contributed by atoms with E-state index in [2.05, 4.69) is 17.0 Å². The van der Waals surface area contributed by atoms with Gasteiger partial charge in [0.2, 0.25) is 5.91 Å². The number of fused-ring (bicyclic) bond motifs is 1. The normalized spacial score (nSPS) is 18.2. The molecule has 1 aliphatic carbocycles. The van der Waals surface area contributed by atoms with Crippen molar-refractivity contribution in [1.82, 2.24) is 9.88 Å². The molecule has 0 spiro atoms. The van der Waals surface area contributed by atoms with Gasteiger partial charge in [-0.05, 0) is 60.7 Å². The zero-order chi connectivity index (χ0) is 22.8. The lowest BCUT2D eigenvalue weighted by Gasteiger charge is -2.33.